The number of carboxylic acid groups (broad SMARTS) is 1. The Morgan fingerprint density at radius 2 is 1.94 bits per heavy atom. The van der Waals surface area contributed by atoms with Crippen molar-refractivity contribution in [3.8, 4) is 0 Å². The van der Waals surface area contributed by atoms with E-state index >= 15 is 0 Å². The first-order chi connectivity index (χ1) is 7.49. The highest BCUT2D eigenvalue weighted by Gasteiger charge is 2.40. The van der Waals surface area contributed by atoms with Gasteiger partial charge in [-0.3, -0.25) is 9.69 Å². The highest BCUT2D eigenvalue weighted by atomic mass is 32.2. The highest BCUT2D eigenvalue weighted by Crippen LogP contribution is 2.33. The maximum atomic E-state index is 11.4. The van der Waals surface area contributed by atoms with E-state index in [0.717, 1.165) is 12.8 Å². The highest BCUT2D eigenvalue weighted by molar-refractivity contribution is 7.91. The summed E-state index contributed by atoms with van der Waals surface area (Å²) in [5.74, 6) is -0.617. The van der Waals surface area contributed by atoms with Crippen LogP contribution >= 0.6 is 0 Å². The lowest BCUT2D eigenvalue weighted by Gasteiger charge is -2.41. The molecule has 1 saturated carbocycles. The van der Waals surface area contributed by atoms with E-state index in [1.807, 2.05) is 4.90 Å². The Morgan fingerprint density at radius 3 is 2.50 bits per heavy atom. The fourth-order valence-electron chi connectivity index (χ4n) is 2.50. The SMILES string of the molecule is O=C(O)C1CCC1N1CCCS(=O)(=O)CC1. The summed E-state index contributed by atoms with van der Waals surface area (Å²) in [6.07, 6.45) is 2.24. The lowest BCUT2D eigenvalue weighted by Crippen LogP contribution is -2.51. The van der Waals surface area contributed by atoms with E-state index in [-0.39, 0.29) is 23.5 Å². The summed E-state index contributed by atoms with van der Waals surface area (Å²) in [4.78, 5) is 13.0. The number of carbonyl (C=O) groups is 1. The fourth-order valence-corrected chi connectivity index (χ4v) is 3.78. The van der Waals surface area contributed by atoms with Gasteiger partial charge in [0.05, 0.1) is 17.4 Å². The third kappa shape index (κ3) is 2.38. The molecule has 0 aromatic carbocycles. The second kappa shape index (κ2) is 4.33. The van der Waals surface area contributed by atoms with Crippen molar-refractivity contribution < 1.29 is 18.3 Å². The van der Waals surface area contributed by atoms with Crippen LogP contribution in [0.2, 0.25) is 0 Å². The van der Waals surface area contributed by atoms with E-state index in [9.17, 15) is 13.2 Å². The van der Waals surface area contributed by atoms with Gasteiger partial charge in [0.15, 0.2) is 9.84 Å². The molecule has 0 spiro atoms. The van der Waals surface area contributed by atoms with Gasteiger partial charge < -0.3 is 5.11 Å². The molecule has 2 unspecified atom stereocenters. The molecule has 0 amide bonds. The lowest BCUT2D eigenvalue weighted by atomic mass is 9.78. The van der Waals surface area contributed by atoms with Crippen molar-refractivity contribution in [1.29, 1.82) is 0 Å². The molecule has 5 nitrogen and oxygen atoms in total. The fraction of sp³-hybridized carbons (Fsp3) is 0.900. The third-order valence-electron chi connectivity index (χ3n) is 3.61. The molecule has 2 fully saturated rings. The molecule has 6 heteroatoms. The molecule has 1 aliphatic heterocycles. The zero-order valence-corrected chi connectivity index (χ0v) is 9.95. The molecular weight excluding hydrogens is 230 g/mol. The summed E-state index contributed by atoms with van der Waals surface area (Å²) < 4.78 is 22.8. The number of carboxylic acids is 1. The van der Waals surface area contributed by atoms with Crippen LogP contribution in [-0.4, -0.2) is 55.0 Å². The topological polar surface area (TPSA) is 74.7 Å². The maximum Gasteiger partial charge on any atom is 0.308 e. The Hall–Kier alpha value is -0.620. The molecule has 0 aromatic heterocycles. The standard InChI is InChI=1S/C10H17NO4S/c12-10(13)8-2-3-9(8)11-4-1-6-16(14,15)7-5-11/h8-9H,1-7H2,(H,12,13). The Balaban J connectivity index is 1.98. The van der Waals surface area contributed by atoms with Gasteiger partial charge in [-0.1, -0.05) is 0 Å². The number of sulfone groups is 1. The van der Waals surface area contributed by atoms with E-state index in [1.54, 1.807) is 0 Å². The average Bonchev–Trinajstić information content (AvgIpc) is 2.25. The largest absolute Gasteiger partial charge is 0.481 e. The first-order valence-corrected chi connectivity index (χ1v) is 7.49. The summed E-state index contributed by atoms with van der Waals surface area (Å²) in [6, 6.07) is 0.0609. The minimum atomic E-state index is -2.90. The molecule has 2 atom stereocenters. The van der Waals surface area contributed by atoms with Crippen LogP contribution in [0.3, 0.4) is 0 Å². The van der Waals surface area contributed by atoms with Crippen LogP contribution < -0.4 is 0 Å². The van der Waals surface area contributed by atoms with E-state index in [0.29, 0.717) is 19.5 Å². The van der Waals surface area contributed by atoms with Gasteiger partial charge in [-0.25, -0.2) is 8.42 Å². The van der Waals surface area contributed by atoms with Gasteiger partial charge in [0.25, 0.3) is 0 Å². The van der Waals surface area contributed by atoms with Gasteiger partial charge in [0.2, 0.25) is 0 Å². The molecule has 2 aliphatic rings. The minimum Gasteiger partial charge on any atom is -0.481 e. The van der Waals surface area contributed by atoms with Gasteiger partial charge >= 0.3 is 5.97 Å². The van der Waals surface area contributed by atoms with Crippen LogP contribution in [0.1, 0.15) is 19.3 Å². The van der Waals surface area contributed by atoms with Crippen LogP contribution in [-0.2, 0) is 14.6 Å². The van der Waals surface area contributed by atoms with Crippen LogP contribution in [0.25, 0.3) is 0 Å². The van der Waals surface area contributed by atoms with E-state index < -0.39 is 15.8 Å². The van der Waals surface area contributed by atoms with Crippen molar-refractivity contribution in [2.75, 3.05) is 24.6 Å². The van der Waals surface area contributed by atoms with Crippen molar-refractivity contribution in [3.05, 3.63) is 0 Å². The molecule has 1 N–H and O–H groups in total. The van der Waals surface area contributed by atoms with Crippen molar-refractivity contribution in [2.24, 2.45) is 5.92 Å². The number of hydrogen-bond donors (Lipinski definition) is 1. The summed E-state index contributed by atoms with van der Waals surface area (Å²) in [5, 5.41) is 8.96. The van der Waals surface area contributed by atoms with Crippen molar-refractivity contribution in [1.82, 2.24) is 4.90 Å². The smallest absolute Gasteiger partial charge is 0.308 e. The molecular formula is C10H17NO4S. The predicted molar refractivity (Wildman–Crippen MR) is 59.0 cm³/mol. The lowest BCUT2D eigenvalue weighted by molar-refractivity contribution is -0.148. The first kappa shape index (κ1) is 11.9. The maximum absolute atomic E-state index is 11.4. The van der Waals surface area contributed by atoms with Crippen LogP contribution in [0, 0.1) is 5.92 Å². The summed E-state index contributed by atoms with van der Waals surface area (Å²) in [6.45, 7) is 1.21. The zero-order valence-electron chi connectivity index (χ0n) is 9.13. The first-order valence-electron chi connectivity index (χ1n) is 5.67. The predicted octanol–water partition coefficient (Wildman–Crippen LogP) is -0.0299. The zero-order chi connectivity index (χ0) is 11.8. The Bertz CT molecular complexity index is 378. The van der Waals surface area contributed by atoms with Crippen LogP contribution in [0.15, 0.2) is 0 Å². The summed E-state index contributed by atoms with van der Waals surface area (Å²) in [7, 11) is -2.90. The molecule has 1 saturated heterocycles. The average molecular weight is 247 g/mol. The van der Waals surface area contributed by atoms with Gasteiger partial charge in [-0.2, -0.15) is 0 Å². The van der Waals surface area contributed by atoms with Crippen LogP contribution in [0.5, 0.6) is 0 Å². The van der Waals surface area contributed by atoms with Gasteiger partial charge in [-0.05, 0) is 25.8 Å². The minimum absolute atomic E-state index is 0.0609. The van der Waals surface area contributed by atoms with E-state index in [1.165, 1.54) is 0 Å². The van der Waals surface area contributed by atoms with Crippen molar-refractivity contribution >= 4 is 15.8 Å². The Labute approximate surface area is 95.4 Å². The van der Waals surface area contributed by atoms with Crippen LogP contribution in [0.4, 0.5) is 0 Å². The normalized spacial score (nSPS) is 35.0. The van der Waals surface area contributed by atoms with Gasteiger partial charge in [-0.15, -0.1) is 0 Å². The second-order valence-electron chi connectivity index (χ2n) is 4.63. The molecule has 2 rings (SSSR count). The Kier molecular flexibility index (Phi) is 3.21. The molecule has 1 heterocycles. The second-order valence-corrected chi connectivity index (χ2v) is 6.93. The summed E-state index contributed by atoms with van der Waals surface area (Å²) in [5.41, 5.74) is 0. The molecule has 1 aliphatic carbocycles. The number of aliphatic carboxylic acids is 1. The van der Waals surface area contributed by atoms with Crippen molar-refractivity contribution in [3.63, 3.8) is 0 Å². The molecule has 92 valence electrons. The molecule has 0 aromatic rings. The van der Waals surface area contributed by atoms with E-state index in [2.05, 4.69) is 0 Å². The molecule has 0 radical (unpaired) electrons. The summed E-state index contributed by atoms with van der Waals surface area (Å²) >= 11 is 0. The van der Waals surface area contributed by atoms with Gasteiger partial charge in [0, 0.05) is 12.6 Å². The monoisotopic (exact) mass is 247 g/mol. The Morgan fingerprint density at radius 1 is 1.19 bits per heavy atom. The quantitative estimate of drug-likeness (QED) is 0.741. The number of nitrogens with zero attached hydrogens (tertiary/aromatic N) is 1. The van der Waals surface area contributed by atoms with E-state index in [4.69, 9.17) is 5.11 Å². The molecule has 16 heavy (non-hydrogen) atoms. The number of hydrogen-bond acceptors (Lipinski definition) is 4. The third-order valence-corrected chi connectivity index (χ3v) is 5.33. The molecule has 0 bridgehead atoms. The van der Waals surface area contributed by atoms with Crippen molar-refractivity contribution in [2.45, 2.75) is 25.3 Å². The van der Waals surface area contributed by atoms with Gasteiger partial charge in [0.1, 0.15) is 0 Å². The number of rotatable bonds is 2.